The number of anilines is 1. The van der Waals surface area contributed by atoms with E-state index in [0.717, 1.165) is 6.42 Å². The number of nitriles is 1. The molecule has 5 nitrogen and oxygen atoms in total. The van der Waals surface area contributed by atoms with Crippen molar-refractivity contribution in [3.05, 3.63) is 6.07 Å². The van der Waals surface area contributed by atoms with Gasteiger partial charge in [0.05, 0.1) is 13.2 Å². The summed E-state index contributed by atoms with van der Waals surface area (Å²) in [6, 6.07) is 3.71. The van der Waals surface area contributed by atoms with Gasteiger partial charge in [0.2, 0.25) is 5.88 Å². The summed E-state index contributed by atoms with van der Waals surface area (Å²) in [4.78, 5) is 0. The standard InChI is InChI=1S/C9H14N4O/c1-4-7(6-10)11-8-5-9(14-3)13(2)12-8/h5,7H,4H2,1-3H3,(H,11,12). The highest BCUT2D eigenvalue weighted by Gasteiger charge is 2.08. The first-order chi connectivity index (χ1) is 6.71. The zero-order valence-corrected chi connectivity index (χ0v) is 8.61. The molecule has 0 aliphatic rings. The summed E-state index contributed by atoms with van der Waals surface area (Å²) in [5.41, 5.74) is 0. The van der Waals surface area contributed by atoms with E-state index in [9.17, 15) is 0 Å². The lowest BCUT2D eigenvalue weighted by molar-refractivity contribution is 0.373. The van der Waals surface area contributed by atoms with Crippen LogP contribution in [0.1, 0.15) is 13.3 Å². The summed E-state index contributed by atoms with van der Waals surface area (Å²) in [5, 5.41) is 15.9. The molecule has 0 aromatic carbocycles. The van der Waals surface area contributed by atoms with Crippen molar-refractivity contribution in [2.45, 2.75) is 19.4 Å². The van der Waals surface area contributed by atoms with E-state index in [2.05, 4.69) is 16.5 Å². The molecule has 0 aliphatic heterocycles. The van der Waals surface area contributed by atoms with E-state index in [-0.39, 0.29) is 6.04 Å². The van der Waals surface area contributed by atoms with Crippen LogP contribution >= 0.6 is 0 Å². The summed E-state index contributed by atoms with van der Waals surface area (Å²) >= 11 is 0. The second-order valence-corrected chi connectivity index (χ2v) is 2.93. The lowest BCUT2D eigenvalue weighted by atomic mass is 10.2. The summed E-state index contributed by atoms with van der Waals surface area (Å²) < 4.78 is 6.67. The molecule has 0 radical (unpaired) electrons. The first-order valence-corrected chi connectivity index (χ1v) is 4.45. The van der Waals surface area contributed by atoms with Gasteiger partial charge in [0.25, 0.3) is 0 Å². The molecule has 14 heavy (non-hydrogen) atoms. The maximum absolute atomic E-state index is 8.74. The van der Waals surface area contributed by atoms with Crippen LogP contribution in [-0.4, -0.2) is 22.9 Å². The van der Waals surface area contributed by atoms with E-state index >= 15 is 0 Å². The summed E-state index contributed by atoms with van der Waals surface area (Å²) in [6.07, 6.45) is 0.745. The van der Waals surface area contributed by atoms with Crippen molar-refractivity contribution in [2.75, 3.05) is 12.4 Å². The average Bonchev–Trinajstić information content (AvgIpc) is 2.55. The van der Waals surface area contributed by atoms with E-state index in [4.69, 9.17) is 10.00 Å². The minimum atomic E-state index is -0.199. The van der Waals surface area contributed by atoms with Crippen LogP contribution in [0.2, 0.25) is 0 Å². The van der Waals surface area contributed by atoms with Gasteiger partial charge in [0, 0.05) is 13.1 Å². The maximum atomic E-state index is 8.74. The Hall–Kier alpha value is -1.70. The highest BCUT2D eigenvalue weighted by atomic mass is 16.5. The zero-order chi connectivity index (χ0) is 10.6. The Kier molecular flexibility index (Phi) is 3.35. The second kappa shape index (κ2) is 4.51. The Balaban J connectivity index is 2.73. The fourth-order valence-electron chi connectivity index (χ4n) is 1.12. The molecule has 0 saturated carbocycles. The van der Waals surface area contributed by atoms with Crippen molar-refractivity contribution in [3.63, 3.8) is 0 Å². The van der Waals surface area contributed by atoms with Gasteiger partial charge in [-0.05, 0) is 6.42 Å². The highest BCUT2D eigenvalue weighted by molar-refractivity contribution is 5.40. The Morgan fingerprint density at radius 1 is 1.79 bits per heavy atom. The number of methoxy groups -OCH3 is 1. The predicted molar refractivity (Wildman–Crippen MR) is 53.1 cm³/mol. The van der Waals surface area contributed by atoms with Gasteiger partial charge in [0.1, 0.15) is 6.04 Å². The molecule has 1 aromatic rings. The monoisotopic (exact) mass is 194 g/mol. The molecule has 0 spiro atoms. The Morgan fingerprint density at radius 3 is 2.93 bits per heavy atom. The van der Waals surface area contributed by atoms with Gasteiger partial charge in [-0.3, -0.25) is 0 Å². The van der Waals surface area contributed by atoms with Crippen LogP contribution in [0.4, 0.5) is 5.82 Å². The Morgan fingerprint density at radius 2 is 2.50 bits per heavy atom. The molecule has 0 amide bonds. The largest absolute Gasteiger partial charge is 0.481 e. The van der Waals surface area contributed by atoms with Crippen LogP contribution in [0.15, 0.2) is 6.07 Å². The SMILES string of the molecule is CCC(C#N)Nc1cc(OC)n(C)n1. The van der Waals surface area contributed by atoms with Gasteiger partial charge in [-0.15, -0.1) is 0 Å². The third-order valence-corrected chi connectivity index (χ3v) is 1.93. The summed E-state index contributed by atoms with van der Waals surface area (Å²) in [6.45, 7) is 1.95. The van der Waals surface area contributed by atoms with Gasteiger partial charge in [-0.1, -0.05) is 6.92 Å². The van der Waals surface area contributed by atoms with Gasteiger partial charge in [-0.25, -0.2) is 4.68 Å². The summed E-state index contributed by atoms with van der Waals surface area (Å²) in [7, 11) is 3.37. The minimum Gasteiger partial charge on any atom is -0.481 e. The Bertz CT molecular complexity index is 339. The molecule has 1 rings (SSSR count). The van der Waals surface area contributed by atoms with Crippen LogP contribution in [0.25, 0.3) is 0 Å². The lowest BCUT2D eigenvalue weighted by Crippen LogP contribution is -2.16. The van der Waals surface area contributed by atoms with Crippen LogP contribution in [-0.2, 0) is 7.05 Å². The van der Waals surface area contributed by atoms with Gasteiger partial charge < -0.3 is 10.1 Å². The molecule has 0 fully saturated rings. The molecule has 1 unspecified atom stereocenters. The fourth-order valence-corrected chi connectivity index (χ4v) is 1.12. The topological polar surface area (TPSA) is 62.9 Å². The van der Waals surface area contributed by atoms with Crippen LogP contribution in [0.3, 0.4) is 0 Å². The van der Waals surface area contributed by atoms with Gasteiger partial charge in [0.15, 0.2) is 5.82 Å². The fraction of sp³-hybridized carbons (Fsp3) is 0.556. The van der Waals surface area contributed by atoms with E-state index in [1.807, 2.05) is 6.92 Å². The molecule has 0 bridgehead atoms. The first kappa shape index (κ1) is 10.4. The third kappa shape index (κ3) is 2.16. The van der Waals surface area contributed by atoms with E-state index in [0.29, 0.717) is 11.7 Å². The normalized spacial score (nSPS) is 11.9. The number of hydrogen-bond donors (Lipinski definition) is 1. The van der Waals surface area contributed by atoms with Gasteiger partial charge in [-0.2, -0.15) is 10.4 Å². The maximum Gasteiger partial charge on any atom is 0.213 e. The molecule has 0 saturated heterocycles. The van der Waals surface area contributed by atoms with E-state index < -0.39 is 0 Å². The third-order valence-electron chi connectivity index (χ3n) is 1.93. The molecule has 1 N–H and O–H groups in total. The van der Waals surface area contributed by atoms with Crippen molar-refractivity contribution in [3.8, 4) is 11.9 Å². The molecule has 5 heteroatoms. The van der Waals surface area contributed by atoms with E-state index in [1.54, 1.807) is 24.9 Å². The van der Waals surface area contributed by atoms with Crippen molar-refractivity contribution >= 4 is 5.82 Å². The van der Waals surface area contributed by atoms with Crippen LogP contribution in [0.5, 0.6) is 5.88 Å². The molecule has 1 heterocycles. The molecular formula is C9H14N4O. The summed E-state index contributed by atoms with van der Waals surface area (Å²) in [5.74, 6) is 1.33. The van der Waals surface area contributed by atoms with Crippen LogP contribution in [0, 0.1) is 11.3 Å². The predicted octanol–water partition coefficient (Wildman–Crippen LogP) is 1.14. The second-order valence-electron chi connectivity index (χ2n) is 2.93. The van der Waals surface area contributed by atoms with Crippen LogP contribution < -0.4 is 10.1 Å². The Labute approximate surface area is 83.3 Å². The molecule has 76 valence electrons. The number of nitrogens with zero attached hydrogens (tertiary/aromatic N) is 3. The molecular weight excluding hydrogens is 180 g/mol. The molecule has 1 aromatic heterocycles. The molecule has 1 atom stereocenters. The van der Waals surface area contributed by atoms with E-state index in [1.165, 1.54) is 0 Å². The highest BCUT2D eigenvalue weighted by Crippen LogP contribution is 2.16. The minimum absolute atomic E-state index is 0.199. The average molecular weight is 194 g/mol. The van der Waals surface area contributed by atoms with Crippen molar-refractivity contribution in [1.82, 2.24) is 9.78 Å². The zero-order valence-electron chi connectivity index (χ0n) is 8.61. The number of hydrogen-bond acceptors (Lipinski definition) is 4. The lowest BCUT2D eigenvalue weighted by Gasteiger charge is -2.05. The number of nitrogens with one attached hydrogen (secondary N) is 1. The number of rotatable bonds is 4. The quantitative estimate of drug-likeness (QED) is 0.780. The smallest absolute Gasteiger partial charge is 0.213 e. The van der Waals surface area contributed by atoms with Gasteiger partial charge >= 0.3 is 0 Å². The number of aryl methyl sites for hydroxylation is 1. The van der Waals surface area contributed by atoms with Crippen molar-refractivity contribution in [2.24, 2.45) is 7.05 Å². The number of ether oxygens (including phenoxy) is 1. The first-order valence-electron chi connectivity index (χ1n) is 4.45. The van der Waals surface area contributed by atoms with Crippen molar-refractivity contribution in [1.29, 1.82) is 5.26 Å². The molecule has 0 aliphatic carbocycles. The van der Waals surface area contributed by atoms with Crippen molar-refractivity contribution < 1.29 is 4.74 Å². The number of aromatic nitrogens is 2.